The molecule has 0 fully saturated rings. The molecule has 2 rings (SSSR count). The maximum absolute atomic E-state index is 12.3. The molecule has 0 heterocycles. The summed E-state index contributed by atoms with van der Waals surface area (Å²) >= 11 is 0. The molecule has 0 radical (unpaired) electrons. The van der Waals surface area contributed by atoms with E-state index in [4.69, 9.17) is 11.2 Å². The second-order valence-electron chi connectivity index (χ2n) is 6.14. The fourth-order valence-electron chi connectivity index (χ4n) is 2.52. The summed E-state index contributed by atoms with van der Waals surface area (Å²) in [6, 6.07) is 13.9. The first kappa shape index (κ1) is 21.3. The van der Waals surface area contributed by atoms with Crippen molar-refractivity contribution < 1.29 is 17.9 Å². The average molecular weight is 401 g/mol. The molecule has 0 spiro atoms. The molecule has 0 aliphatic carbocycles. The van der Waals surface area contributed by atoms with Gasteiger partial charge in [-0.15, -0.1) is 6.42 Å². The van der Waals surface area contributed by atoms with Gasteiger partial charge in [-0.2, -0.15) is 0 Å². The van der Waals surface area contributed by atoms with Crippen LogP contribution in [0.3, 0.4) is 0 Å². The van der Waals surface area contributed by atoms with Gasteiger partial charge in [0.2, 0.25) is 10.0 Å². The number of carbonyl (C=O) groups excluding carboxylic acids is 1. The SMILES string of the molecule is C#CCOc1ccc(CCNC(=O)c2cccc(NS(=O)(=O)CCC)c2)cc1. The van der Waals surface area contributed by atoms with Crippen molar-refractivity contribution in [3.63, 3.8) is 0 Å². The summed E-state index contributed by atoms with van der Waals surface area (Å²) in [6.07, 6.45) is 6.33. The van der Waals surface area contributed by atoms with E-state index in [0.29, 0.717) is 36.4 Å². The van der Waals surface area contributed by atoms with Gasteiger partial charge in [-0.05, 0) is 48.7 Å². The Morgan fingerprint density at radius 2 is 1.93 bits per heavy atom. The van der Waals surface area contributed by atoms with Crippen molar-refractivity contribution in [2.75, 3.05) is 23.6 Å². The number of carbonyl (C=O) groups is 1. The van der Waals surface area contributed by atoms with E-state index < -0.39 is 10.0 Å². The first-order chi connectivity index (χ1) is 13.4. The molecule has 0 saturated heterocycles. The highest BCUT2D eigenvalue weighted by molar-refractivity contribution is 7.92. The number of hydrogen-bond acceptors (Lipinski definition) is 4. The number of benzene rings is 2. The normalized spacial score (nSPS) is 10.7. The van der Waals surface area contributed by atoms with Crippen LogP contribution in [0.15, 0.2) is 48.5 Å². The molecule has 0 unspecified atom stereocenters. The Bertz CT molecular complexity index is 932. The Labute approximate surface area is 166 Å². The Kier molecular flexibility index (Phi) is 7.90. The molecule has 2 N–H and O–H groups in total. The molecule has 148 valence electrons. The molecular formula is C21H24N2O4S. The largest absolute Gasteiger partial charge is 0.481 e. The van der Waals surface area contributed by atoms with Crippen molar-refractivity contribution in [1.29, 1.82) is 0 Å². The smallest absolute Gasteiger partial charge is 0.251 e. The van der Waals surface area contributed by atoms with Gasteiger partial charge in [-0.1, -0.05) is 31.0 Å². The minimum atomic E-state index is -3.39. The molecule has 0 aromatic heterocycles. The van der Waals surface area contributed by atoms with E-state index in [1.165, 1.54) is 6.07 Å². The molecule has 0 saturated carbocycles. The number of rotatable bonds is 10. The van der Waals surface area contributed by atoms with Crippen molar-refractivity contribution in [3.8, 4) is 18.1 Å². The molecule has 6 nitrogen and oxygen atoms in total. The fourth-order valence-corrected chi connectivity index (χ4v) is 3.65. The molecule has 7 heteroatoms. The molecule has 0 bridgehead atoms. The molecule has 28 heavy (non-hydrogen) atoms. The van der Waals surface area contributed by atoms with Crippen molar-refractivity contribution in [3.05, 3.63) is 59.7 Å². The van der Waals surface area contributed by atoms with E-state index in [-0.39, 0.29) is 18.3 Å². The Morgan fingerprint density at radius 3 is 2.61 bits per heavy atom. The summed E-state index contributed by atoms with van der Waals surface area (Å²) in [6.45, 7) is 2.47. The molecule has 0 atom stereocenters. The third-order valence-corrected chi connectivity index (χ3v) is 5.31. The number of terminal acetylenes is 1. The van der Waals surface area contributed by atoms with Crippen LogP contribution in [0.2, 0.25) is 0 Å². The van der Waals surface area contributed by atoms with E-state index in [1.807, 2.05) is 24.3 Å². The number of sulfonamides is 1. The van der Waals surface area contributed by atoms with Crippen LogP contribution in [0.4, 0.5) is 5.69 Å². The van der Waals surface area contributed by atoms with Gasteiger partial charge in [0.15, 0.2) is 0 Å². The van der Waals surface area contributed by atoms with Crippen LogP contribution in [0.5, 0.6) is 5.75 Å². The van der Waals surface area contributed by atoms with Gasteiger partial charge in [0.1, 0.15) is 12.4 Å². The summed E-state index contributed by atoms with van der Waals surface area (Å²) in [5.41, 5.74) is 1.83. The zero-order chi connectivity index (χ0) is 20.4. The monoisotopic (exact) mass is 400 g/mol. The average Bonchev–Trinajstić information content (AvgIpc) is 2.67. The van der Waals surface area contributed by atoms with Crippen molar-refractivity contribution in [2.24, 2.45) is 0 Å². The van der Waals surface area contributed by atoms with Gasteiger partial charge in [0.05, 0.1) is 5.75 Å². The standard InChI is InChI=1S/C21H24N2O4S/c1-3-14-27-20-10-8-17(9-11-20)12-13-22-21(24)18-6-5-7-19(16-18)23-28(25,26)15-4-2/h1,5-11,16,23H,4,12-15H2,2H3,(H,22,24). The minimum absolute atomic E-state index is 0.0377. The maximum atomic E-state index is 12.3. The Hall–Kier alpha value is -2.98. The molecule has 0 aliphatic rings. The van der Waals surface area contributed by atoms with Crippen molar-refractivity contribution in [1.82, 2.24) is 5.32 Å². The molecule has 1 amide bonds. The lowest BCUT2D eigenvalue weighted by Crippen LogP contribution is -2.26. The number of nitrogens with one attached hydrogen (secondary N) is 2. The number of anilines is 1. The van der Waals surface area contributed by atoms with Gasteiger partial charge in [0, 0.05) is 17.8 Å². The lowest BCUT2D eigenvalue weighted by Gasteiger charge is -2.10. The van der Waals surface area contributed by atoms with Crippen LogP contribution in [-0.2, 0) is 16.4 Å². The lowest BCUT2D eigenvalue weighted by atomic mass is 10.1. The summed E-state index contributed by atoms with van der Waals surface area (Å²) in [7, 11) is -3.39. The summed E-state index contributed by atoms with van der Waals surface area (Å²) < 4.78 is 31.5. The van der Waals surface area contributed by atoms with Gasteiger partial charge in [-0.25, -0.2) is 8.42 Å². The summed E-state index contributed by atoms with van der Waals surface area (Å²) in [5, 5.41) is 2.84. The van der Waals surface area contributed by atoms with Crippen LogP contribution >= 0.6 is 0 Å². The minimum Gasteiger partial charge on any atom is -0.481 e. The van der Waals surface area contributed by atoms with Crippen LogP contribution in [0, 0.1) is 12.3 Å². The highest BCUT2D eigenvalue weighted by Crippen LogP contribution is 2.14. The zero-order valence-electron chi connectivity index (χ0n) is 15.8. The lowest BCUT2D eigenvalue weighted by molar-refractivity contribution is 0.0954. The van der Waals surface area contributed by atoms with E-state index in [1.54, 1.807) is 25.1 Å². The van der Waals surface area contributed by atoms with Gasteiger partial charge in [0.25, 0.3) is 5.91 Å². The maximum Gasteiger partial charge on any atom is 0.251 e. The van der Waals surface area contributed by atoms with Crippen LogP contribution < -0.4 is 14.8 Å². The van der Waals surface area contributed by atoms with E-state index in [9.17, 15) is 13.2 Å². The highest BCUT2D eigenvalue weighted by Gasteiger charge is 2.11. The third kappa shape index (κ3) is 6.97. The van der Waals surface area contributed by atoms with E-state index >= 15 is 0 Å². The highest BCUT2D eigenvalue weighted by atomic mass is 32.2. The second kappa shape index (κ2) is 10.4. The predicted octanol–water partition coefficient (Wildman–Crippen LogP) is 2.82. The van der Waals surface area contributed by atoms with E-state index in [0.717, 1.165) is 5.56 Å². The van der Waals surface area contributed by atoms with E-state index in [2.05, 4.69) is 16.0 Å². The van der Waals surface area contributed by atoms with Gasteiger partial charge >= 0.3 is 0 Å². The zero-order valence-corrected chi connectivity index (χ0v) is 16.6. The Balaban J connectivity index is 1.88. The molecule has 2 aromatic carbocycles. The number of amides is 1. The first-order valence-corrected chi connectivity index (χ1v) is 10.6. The number of ether oxygens (including phenoxy) is 1. The van der Waals surface area contributed by atoms with Crippen LogP contribution in [0.1, 0.15) is 29.3 Å². The summed E-state index contributed by atoms with van der Waals surface area (Å²) in [4.78, 5) is 12.3. The first-order valence-electron chi connectivity index (χ1n) is 8.97. The summed E-state index contributed by atoms with van der Waals surface area (Å²) in [5.74, 6) is 2.89. The van der Waals surface area contributed by atoms with Gasteiger partial charge < -0.3 is 10.1 Å². The number of hydrogen-bond donors (Lipinski definition) is 2. The topological polar surface area (TPSA) is 84.5 Å². The predicted molar refractivity (Wildman–Crippen MR) is 111 cm³/mol. The third-order valence-electron chi connectivity index (χ3n) is 3.82. The molecule has 2 aromatic rings. The van der Waals surface area contributed by atoms with Gasteiger partial charge in [-0.3, -0.25) is 9.52 Å². The van der Waals surface area contributed by atoms with Crippen molar-refractivity contribution >= 4 is 21.6 Å². The second-order valence-corrected chi connectivity index (χ2v) is 7.99. The molecule has 0 aliphatic heterocycles. The van der Waals surface area contributed by atoms with Crippen molar-refractivity contribution in [2.45, 2.75) is 19.8 Å². The van der Waals surface area contributed by atoms with Crippen LogP contribution in [-0.4, -0.2) is 33.2 Å². The van der Waals surface area contributed by atoms with Crippen LogP contribution in [0.25, 0.3) is 0 Å². The molecular weight excluding hydrogens is 376 g/mol. The Morgan fingerprint density at radius 1 is 1.18 bits per heavy atom. The quantitative estimate of drug-likeness (QED) is 0.601. The fraction of sp³-hybridized carbons (Fsp3) is 0.286.